The van der Waals surface area contributed by atoms with E-state index in [1.807, 2.05) is 0 Å². The zero-order valence-electron chi connectivity index (χ0n) is 18.4. The van der Waals surface area contributed by atoms with Crippen LogP contribution in [0.1, 0.15) is 32.9 Å². The second-order valence-corrected chi connectivity index (χ2v) is 9.64. The number of hydrogen-bond acceptors (Lipinski definition) is 7. The lowest BCUT2D eigenvalue weighted by Crippen LogP contribution is -2.21. The first-order chi connectivity index (χ1) is 15.7. The molecule has 8 nitrogen and oxygen atoms in total. The number of ether oxygens (including phenoxy) is 1. The molecule has 1 amide bonds. The van der Waals surface area contributed by atoms with E-state index in [9.17, 15) is 26.6 Å². The number of carbonyl (C=O) groups excluding carboxylic acids is 1. The predicted molar refractivity (Wildman–Crippen MR) is 115 cm³/mol. The summed E-state index contributed by atoms with van der Waals surface area (Å²) in [5.41, 5.74) is -1.95. The number of rotatable bonds is 5. The minimum Gasteiger partial charge on any atom is -0.432 e. The normalized spacial score (nSPS) is 13.3. The van der Waals surface area contributed by atoms with Crippen molar-refractivity contribution in [1.29, 1.82) is 4.78 Å². The van der Waals surface area contributed by atoms with E-state index in [1.165, 1.54) is 43.5 Å². The van der Waals surface area contributed by atoms with Crippen LogP contribution in [0.25, 0.3) is 0 Å². The van der Waals surface area contributed by atoms with Gasteiger partial charge in [0, 0.05) is 22.5 Å². The summed E-state index contributed by atoms with van der Waals surface area (Å²) in [4.78, 5) is 16.8. The molecule has 1 aromatic carbocycles. The quantitative estimate of drug-likeness (QED) is 0.377. The summed E-state index contributed by atoms with van der Waals surface area (Å²) in [7, 11) is -3.12. The van der Waals surface area contributed by atoms with Crippen LogP contribution >= 0.6 is 0 Å². The van der Waals surface area contributed by atoms with E-state index in [1.54, 1.807) is 6.92 Å². The molecule has 0 bridgehead atoms. The van der Waals surface area contributed by atoms with Crippen molar-refractivity contribution in [3.05, 3.63) is 64.4 Å². The number of nitrogens with zero attached hydrogens (tertiary/aromatic N) is 3. The van der Waals surface area contributed by atoms with E-state index in [4.69, 9.17) is 9.52 Å². The van der Waals surface area contributed by atoms with Crippen LogP contribution in [0.3, 0.4) is 0 Å². The average Bonchev–Trinajstić information content (AvgIpc) is 2.69. The number of pyridine rings is 1. The molecule has 0 saturated carbocycles. The molecule has 0 aliphatic heterocycles. The van der Waals surface area contributed by atoms with Crippen LogP contribution in [0.5, 0.6) is 11.6 Å². The van der Waals surface area contributed by atoms with Crippen molar-refractivity contribution < 1.29 is 31.3 Å². The Hall–Kier alpha value is -3.61. The first-order valence-electron chi connectivity index (χ1n) is 9.59. The van der Waals surface area contributed by atoms with Crippen LogP contribution in [-0.4, -0.2) is 31.6 Å². The van der Waals surface area contributed by atoms with Crippen LogP contribution in [-0.2, 0) is 15.9 Å². The molecule has 180 valence electrons. The number of amides is 1. The Morgan fingerprint density at radius 3 is 2.41 bits per heavy atom. The Morgan fingerprint density at radius 2 is 1.82 bits per heavy atom. The van der Waals surface area contributed by atoms with Gasteiger partial charge in [-0.3, -0.25) is 4.79 Å². The lowest BCUT2D eigenvalue weighted by Gasteiger charge is -2.17. The summed E-state index contributed by atoms with van der Waals surface area (Å²) < 4.78 is 79.8. The van der Waals surface area contributed by atoms with Gasteiger partial charge in [0.05, 0.1) is 9.73 Å². The summed E-state index contributed by atoms with van der Waals surface area (Å²) in [5.74, 6) is -3.18. The molecular weight excluding hydrogens is 478 g/mol. The highest BCUT2D eigenvalue weighted by atomic mass is 32.2. The van der Waals surface area contributed by atoms with Crippen molar-refractivity contribution in [2.45, 2.75) is 31.8 Å². The molecule has 34 heavy (non-hydrogen) atoms. The molecule has 3 rings (SSSR count). The number of nitrogens with one attached hydrogen (secondary N) is 2. The molecule has 1 atom stereocenters. The molecule has 13 heteroatoms. The maximum absolute atomic E-state index is 14.4. The van der Waals surface area contributed by atoms with Gasteiger partial charge in [0.25, 0.3) is 17.7 Å². The number of benzene rings is 1. The number of halogens is 4. The van der Waals surface area contributed by atoms with Gasteiger partial charge in [-0.1, -0.05) is 6.07 Å². The molecule has 2 aromatic heterocycles. The summed E-state index contributed by atoms with van der Waals surface area (Å²) in [5, 5.41) is 8.92. The predicted octanol–water partition coefficient (Wildman–Crippen LogP) is 5.03. The molecule has 0 aliphatic rings. The SMILES string of the molecule is Cc1cc(C)c(Oc2nnc(C(F)(F)F)c(C)c2C(=O)Nc2cccc(S(C)(=N)=O)c2)c(F)n1. The Balaban J connectivity index is 2.11. The van der Waals surface area contributed by atoms with E-state index in [0.29, 0.717) is 5.69 Å². The van der Waals surface area contributed by atoms with Gasteiger partial charge in [0.1, 0.15) is 5.56 Å². The van der Waals surface area contributed by atoms with E-state index in [-0.39, 0.29) is 16.1 Å². The standard InChI is InChI=1S/C21H19F4N5O3S/c1-10-8-11(2)27-18(22)16(10)33-20-15(12(3)17(29-30-20)21(23,24)25)19(31)28-13-6-5-7-14(9-13)34(4,26)32/h5-9,26H,1-4H3,(H,28,31). The number of alkyl halides is 3. The van der Waals surface area contributed by atoms with Crippen molar-refractivity contribution >= 4 is 21.3 Å². The minimum atomic E-state index is -4.92. The maximum atomic E-state index is 14.4. The van der Waals surface area contributed by atoms with Crippen molar-refractivity contribution in [3.8, 4) is 11.6 Å². The van der Waals surface area contributed by atoms with E-state index in [2.05, 4.69) is 20.5 Å². The van der Waals surface area contributed by atoms with Crippen molar-refractivity contribution in [1.82, 2.24) is 15.2 Å². The largest absolute Gasteiger partial charge is 0.435 e. The Bertz CT molecular complexity index is 1370. The first-order valence-corrected chi connectivity index (χ1v) is 11.6. The topological polar surface area (TPSA) is 118 Å². The Labute approximate surface area is 192 Å². The lowest BCUT2D eigenvalue weighted by atomic mass is 10.1. The summed E-state index contributed by atoms with van der Waals surface area (Å²) in [6.07, 6.45) is -3.74. The highest BCUT2D eigenvalue weighted by Gasteiger charge is 2.38. The highest BCUT2D eigenvalue weighted by Crippen LogP contribution is 2.36. The van der Waals surface area contributed by atoms with Gasteiger partial charge < -0.3 is 10.1 Å². The van der Waals surface area contributed by atoms with Gasteiger partial charge >= 0.3 is 6.18 Å². The van der Waals surface area contributed by atoms with Gasteiger partial charge in [0.2, 0.25) is 0 Å². The third-order valence-electron chi connectivity index (χ3n) is 4.67. The maximum Gasteiger partial charge on any atom is 0.435 e. The summed E-state index contributed by atoms with van der Waals surface area (Å²) >= 11 is 0. The number of hydrogen-bond donors (Lipinski definition) is 2. The fourth-order valence-corrected chi connectivity index (χ4v) is 3.81. The highest BCUT2D eigenvalue weighted by molar-refractivity contribution is 7.91. The van der Waals surface area contributed by atoms with E-state index in [0.717, 1.165) is 6.92 Å². The fraction of sp³-hybridized carbons (Fsp3) is 0.238. The van der Waals surface area contributed by atoms with E-state index >= 15 is 0 Å². The first kappa shape index (κ1) is 25.0. The van der Waals surface area contributed by atoms with Crippen LogP contribution in [0, 0.1) is 31.5 Å². The molecule has 0 fully saturated rings. The van der Waals surface area contributed by atoms with Crippen molar-refractivity contribution in [2.75, 3.05) is 11.6 Å². The monoisotopic (exact) mass is 497 g/mol. The van der Waals surface area contributed by atoms with Crippen molar-refractivity contribution in [2.24, 2.45) is 0 Å². The molecule has 0 aliphatic carbocycles. The lowest BCUT2D eigenvalue weighted by molar-refractivity contribution is -0.142. The smallest absolute Gasteiger partial charge is 0.432 e. The average molecular weight is 497 g/mol. The Morgan fingerprint density at radius 1 is 1.15 bits per heavy atom. The molecule has 0 spiro atoms. The van der Waals surface area contributed by atoms with Crippen LogP contribution in [0.2, 0.25) is 0 Å². The second-order valence-electron chi connectivity index (χ2n) is 7.48. The van der Waals surface area contributed by atoms with Crippen LogP contribution in [0.4, 0.5) is 23.2 Å². The minimum absolute atomic E-state index is 0.0689. The van der Waals surface area contributed by atoms with Crippen LogP contribution < -0.4 is 10.1 Å². The fourth-order valence-electron chi connectivity index (χ4n) is 3.12. The molecule has 2 N–H and O–H groups in total. The number of carbonyl (C=O) groups is 1. The van der Waals surface area contributed by atoms with E-state index < -0.39 is 56.2 Å². The third kappa shape index (κ3) is 5.30. The third-order valence-corrected chi connectivity index (χ3v) is 5.82. The van der Waals surface area contributed by atoms with Gasteiger partial charge in [-0.05, 0) is 56.2 Å². The zero-order chi connectivity index (χ0) is 25.4. The van der Waals surface area contributed by atoms with Gasteiger partial charge in [-0.2, -0.15) is 17.6 Å². The van der Waals surface area contributed by atoms with Gasteiger partial charge in [-0.25, -0.2) is 14.0 Å². The molecule has 1 unspecified atom stereocenters. The molecular formula is C21H19F4N5O3S. The van der Waals surface area contributed by atoms with Gasteiger partial charge in [-0.15, -0.1) is 10.2 Å². The van der Waals surface area contributed by atoms with Gasteiger partial charge in [0.15, 0.2) is 11.4 Å². The number of aromatic nitrogens is 3. The molecule has 0 radical (unpaired) electrons. The summed E-state index contributed by atoms with van der Waals surface area (Å²) in [6, 6.07) is 6.98. The second kappa shape index (κ2) is 8.97. The van der Waals surface area contributed by atoms with Crippen molar-refractivity contribution in [3.63, 3.8) is 0 Å². The number of anilines is 1. The zero-order valence-corrected chi connectivity index (χ0v) is 19.2. The number of aryl methyl sites for hydroxylation is 2. The molecule has 2 heterocycles. The summed E-state index contributed by atoms with van der Waals surface area (Å²) in [6.45, 7) is 4.04. The molecule has 0 saturated heterocycles. The molecule has 3 aromatic rings. The Kier molecular flexibility index (Phi) is 6.60. The van der Waals surface area contributed by atoms with Crippen LogP contribution in [0.15, 0.2) is 35.2 Å².